The van der Waals surface area contributed by atoms with Gasteiger partial charge in [0.1, 0.15) is 0 Å². The van der Waals surface area contributed by atoms with E-state index in [4.69, 9.17) is 4.74 Å². The van der Waals surface area contributed by atoms with Crippen molar-refractivity contribution in [2.24, 2.45) is 0 Å². The molecule has 0 fully saturated rings. The number of benzene rings is 1. The number of rotatable bonds is 8. The molecule has 0 bridgehead atoms. The molecule has 3 rings (SSSR count). The van der Waals surface area contributed by atoms with Crippen LogP contribution in [0.15, 0.2) is 35.5 Å². The van der Waals surface area contributed by atoms with Crippen LogP contribution in [-0.2, 0) is 4.74 Å². The molecular formula is C21H26N4O2S. The standard InChI is InChI=1S/C21H26N4O2S/c1-13-6-8-17(9-7-13)20-22-21(24-23-20)28-12-19(26)18-10-14(2)25(16(18)4)15(3)11-27-5/h6-10,15H,11-12H2,1-5H3,(H,22,23,24)/t15-/m1/s1. The Morgan fingerprint density at radius 1 is 1.25 bits per heavy atom. The molecule has 1 atom stereocenters. The van der Waals surface area contributed by atoms with Gasteiger partial charge in [-0.2, -0.15) is 0 Å². The summed E-state index contributed by atoms with van der Waals surface area (Å²) in [6, 6.07) is 10.2. The number of Topliss-reactive ketones (excluding diaryl/α,β-unsaturated/α-hetero) is 1. The number of aryl methyl sites for hydroxylation is 2. The van der Waals surface area contributed by atoms with E-state index in [0.717, 1.165) is 22.5 Å². The van der Waals surface area contributed by atoms with Crippen molar-refractivity contribution in [3.8, 4) is 11.4 Å². The Labute approximate surface area is 169 Å². The predicted molar refractivity (Wildman–Crippen MR) is 112 cm³/mol. The summed E-state index contributed by atoms with van der Waals surface area (Å²) in [5, 5.41) is 7.75. The predicted octanol–water partition coefficient (Wildman–Crippen LogP) is 4.38. The molecule has 0 aliphatic heterocycles. The van der Waals surface area contributed by atoms with Crippen molar-refractivity contribution in [1.29, 1.82) is 0 Å². The summed E-state index contributed by atoms with van der Waals surface area (Å²) in [4.78, 5) is 17.3. The minimum atomic E-state index is 0.0793. The first kappa shape index (κ1) is 20.4. The molecule has 1 aromatic carbocycles. The van der Waals surface area contributed by atoms with Crippen LogP contribution in [0.4, 0.5) is 0 Å². The Balaban J connectivity index is 1.68. The van der Waals surface area contributed by atoms with Crippen LogP contribution in [0.5, 0.6) is 0 Å². The summed E-state index contributed by atoms with van der Waals surface area (Å²) >= 11 is 1.35. The van der Waals surface area contributed by atoms with Crippen LogP contribution in [0, 0.1) is 20.8 Å². The summed E-state index contributed by atoms with van der Waals surface area (Å²) < 4.78 is 7.41. The maximum absolute atomic E-state index is 12.8. The Hall–Kier alpha value is -2.38. The number of hydrogen-bond acceptors (Lipinski definition) is 5. The number of hydrogen-bond donors (Lipinski definition) is 1. The lowest BCUT2D eigenvalue weighted by Gasteiger charge is -2.17. The third-order valence-corrected chi connectivity index (χ3v) is 5.60. The van der Waals surface area contributed by atoms with E-state index >= 15 is 0 Å². The van der Waals surface area contributed by atoms with Crippen molar-refractivity contribution in [2.45, 2.75) is 38.9 Å². The number of methoxy groups -OCH3 is 1. The zero-order valence-corrected chi connectivity index (χ0v) is 17.8. The van der Waals surface area contributed by atoms with Crippen molar-refractivity contribution in [1.82, 2.24) is 19.7 Å². The molecule has 0 saturated heterocycles. The van der Waals surface area contributed by atoms with E-state index in [9.17, 15) is 4.79 Å². The lowest BCUT2D eigenvalue weighted by Crippen LogP contribution is -2.14. The summed E-state index contributed by atoms with van der Waals surface area (Å²) in [6.07, 6.45) is 0. The number of aromatic amines is 1. The second-order valence-corrected chi connectivity index (χ2v) is 7.95. The first-order valence-electron chi connectivity index (χ1n) is 9.23. The van der Waals surface area contributed by atoms with E-state index in [1.54, 1.807) is 7.11 Å². The Kier molecular flexibility index (Phi) is 6.36. The Morgan fingerprint density at radius 2 is 1.96 bits per heavy atom. The van der Waals surface area contributed by atoms with Gasteiger partial charge in [-0.25, -0.2) is 4.98 Å². The van der Waals surface area contributed by atoms with Crippen LogP contribution in [0.3, 0.4) is 0 Å². The fourth-order valence-corrected chi connectivity index (χ4v) is 4.09. The molecule has 0 aliphatic rings. The topological polar surface area (TPSA) is 72.8 Å². The molecule has 28 heavy (non-hydrogen) atoms. The van der Waals surface area contributed by atoms with Crippen LogP contribution in [0.2, 0.25) is 0 Å². The molecule has 0 unspecified atom stereocenters. The Morgan fingerprint density at radius 3 is 2.64 bits per heavy atom. The van der Waals surface area contributed by atoms with Crippen molar-refractivity contribution in [3.63, 3.8) is 0 Å². The molecule has 0 saturated carbocycles. The Bertz CT molecular complexity index is 959. The summed E-state index contributed by atoms with van der Waals surface area (Å²) in [6.45, 7) is 8.75. The first-order chi connectivity index (χ1) is 13.4. The van der Waals surface area contributed by atoms with Gasteiger partial charge >= 0.3 is 0 Å². The average Bonchev–Trinajstić information content (AvgIpc) is 3.25. The zero-order valence-electron chi connectivity index (χ0n) is 16.9. The van der Waals surface area contributed by atoms with Gasteiger partial charge in [0, 0.05) is 29.6 Å². The average molecular weight is 399 g/mol. The quantitative estimate of drug-likeness (QED) is 0.450. The highest BCUT2D eigenvalue weighted by molar-refractivity contribution is 7.99. The SMILES string of the molecule is COC[C@@H](C)n1c(C)cc(C(=O)CSc2n[nH]c(-c3ccc(C)cc3)n2)c1C. The van der Waals surface area contributed by atoms with Gasteiger partial charge in [0.15, 0.2) is 11.6 Å². The number of carbonyl (C=O) groups is 1. The van der Waals surface area contributed by atoms with Gasteiger partial charge < -0.3 is 9.30 Å². The van der Waals surface area contributed by atoms with Gasteiger partial charge in [-0.05, 0) is 33.8 Å². The molecule has 2 aromatic heterocycles. The summed E-state index contributed by atoms with van der Waals surface area (Å²) in [7, 11) is 1.69. The van der Waals surface area contributed by atoms with Gasteiger partial charge in [0.2, 0.25) is 5.16 Å². The molecule has 7 heteroatoms. The fourth-order valence-electron chi connectivity index (χ4n) is 3.41. The number of carbonyl (C=O) groups excluding carboxylic acids is 1. The fraction of sp³-hybridized carbons (Fsp3) is 0.381. The van der Waals surface area contributed by atoms with Crippen LogP contribution >= 0.6 is 11.8 Å². The summed E-state index contributed by atoms with van der Waals surface area (Å²) in [5.41, 5.74) is 4.97. The number of nitrogens with one attached hydrogen (secondary N) is 1. The second-order valence-electron chi connectivity index (χ2n) is 7.00. The molecule has 0 aliphatic carbocycles. The first-order valence-corrected chi connectivity index (χ1v) is 10.2. The van der Waals surface area contributed by atoms with Crippen molar-refractivity contribution in [2.75, 3.05) is 19.5 Å². The molecule has 0 spiro atoms. The number of H-pyrrole nitrogens is 1. The molecule has 0 amide bonds. The van der Waals surface area contributed by atoms with Crippen molar-refractivity contribution in [3.05, 3.63) is 52.8 Å². The monoisotopic (exact) mass is 398 g/mol. The smallest absolute Gasteiger partial charge is 0.209 e. The van der Waals surface area contributed by atoms with E-state index in [1.807, 2.05) is 51.1 Å². The van der Waals surface area contributed by atoms with Crippen LogP contribution < -0.4 is 0 Å². The largest absolute Gasteiger partial charge is 0.383 e. The highest BCUT2D eigenvalue weighted by atomic mass is 32.2. The highest BCUT2D eigenvalue weighted by Gasteiger charge is 2.19. The van der Waals surface area contributed by atoms with Crippen molar-refractivity contribution >= 4 is 17.5 Å². The number of ketones is 1. The van der Waals surface area contributed by atoms with Gasteiger partial charge in [-0.15, -0.1) is 5.10 Å². The summed E-state index contributed by atoms with van der Waals surface area (Å²) in [5.74, 6) is 1.09. The third-order valence-electron chi connectivity index (χ3n) is 4.76. The molecule has 0 radical (unpaired) electrons. The molecule has 148 valence electrons. The van der Waals surface area contributed by atoms with Gasteiger partial charge in [-0.3, -0.25) is 9.89 Å². The van der Waals surface area contributed by atoms with Crippen LogP contribution in [0.25, 0.3) is 11.4 Å². The number of ether oxygens (including phenoxy) is 1. The van der Waals surface area contributed by atoms with E-state index in [0.29, 0.717) is 23.3 Å². The molecule has 3 aromatic rings. The molecule has 1 N–H and O–H groups in total. The van der Waals surface area contributed by atoms with Crippen molar-refractivity contribution < 1.29 is 9.53 Å². The van der Waals surface area contributed by atoms with Gasteiger partial charge in [0.05, 0.1) is 18.4 Å². The number of aromatic nitrogens is 4. The van der Waals surface area contributed by atoms with E-state index in [2.05, 4.69) is 26.7 Å². The normalized spacial score (nSPS) is 12.3. The molecule has 6 nitrogen and oxygen atoms in total. The van der Waals surface area contributed by atoms with E-state index < -0.39 is 0 Å². The maximum Gasteiger partial charge on any atom is 0.209 e. The lowest BCUT2D eigenvalue weighted by molar-refractivity contribution is 0.102. The molecular weight excluding hydrogens is 372 g/mol. The number of thioether (sulfide) groups is 1. The third kappa shape index (κ3) is 4.36. The van der Waals surface area contributed by atoms with Gasteiger partial charge in [0.25, 0.3) is 0 Å². The zero-order chi connectivity index (χ0) is 20.3. The lowest BCUT2D eigenvalue weighted by atomic mass is 10.1. The van der Waals surface area contributed by atoms with Crippen LogP contribution in [0.1, 0.15) is 40.3 Å². The maximum atomic E-state index is 12.8. The van der Waals surface area contributed by atoms with E-state index in [-0.39, 0.29) is 11.8 Å². The highest BCUT2D eigenvalue weighted by Crippen LogP contribution is 2.24. The number of nitrogens with zero attached hydrogens (tertiary/aromatic N) is 3. The minimum Gasteiger partial charge on any atom is -0.383 e. The van der Waals surface area contributed by atoms with Gasteiger partial charge in [-0.1, -0.05) is 41.6 Å². The minimum absolute atomic E-state index is 0.0793. The molecule has 2 heterocycles. The second kappa shape index (κ2) is 8.75. The van der Waals surface area contributed by atoms with E-state index in [1.165, 1.54) is 17.3 Å². The van der Waals surface area contributed by atoms with Crippen LogP contribution in [-0.4, -0.2) is 45.0 Å².